The van der Waals surface area contributed by atoms with Crippen LogP contribution in [0, 0.1) is 13.8 Å². The van der Waals surface area contributed by atoms with Gasteiger partial charge in [0.05, 0.1) is 17.1 Å². The molecule has 0 bridgehead atoms. The van der Waals surface area contributed by atoms with Crippen molar-refractivity contribution in [2.45, 2.75) is 30.2 Å². The highest BCUT2D eigenvalue weighted by molar-refractivity contribution is 7.98. The van der Waals surface area contributed by atoms with Gasteiger partial charge in [-0.25, -0.2) is 18.1 Å². The highest BCUT2D eigenvalue weighted by Gasteiger charge is 2.17. The van der Waals surface area contributed by atoms with E-state index in [0.717, 1.165) is 22.1 Å². The molecule has 1 N–H and O–H groups in total. The van der Waals surface area contributed by atoms with Crippen molar-refractivity contribution in [1.29, 1.82) is 0 Å². The van der Waals surface area contributed by atoms with Crippen LogP contribution in [0.2, 0.25) is 10.2 Å². The van der Waals surface area contributed by atoms with Crippen molar-refractivity contribution in [3.8, 4) is 0 Å². The lowest BCUT2D eigenvalue weighted by Crippen LogP contribution is -2.29. The first-order valence-corrected chi connectivity index (χ1v) is 12.9. The number of rotatable bonds is 7. The minimum absolute atomic E-state index is 0.00657. The maximum Gasteiger partial charge on any atom is 0.264 e. The number of carbonyl (C=O) groups is 1. The van der Waals surface area contributed by atoms with Crippen molar-refractivity contribution >= 4 is 57.0 Å². The summed E-state index contributed by atoms with van der Waals surface area (Å²) in [5.41, 5.74) is 2.25. The Balaban J connectivity index is 1.81. The summed E-state index contributed by atoms with van der Waals surface area (Å²) >= 11 is 14.3. The van der Waals surface area contributed by atoms with E-state index in [1.807, 2.05) is 36.1 Å². The number of aromatic nitrogens is 2. The van der Waals surface area contributed by atoms with Crippen LogP contribution in [-0.2, 0) is 21.4 Å². The molecule has 0 aliphatic carbocycles. The molecule has 1 aromatic heterocycles. The second-order valence-corrected chi connectivity index (χ2v) is 10.3. The third-order valence-corrected chi connectivity index (χ3v) is 7.42. The van der Waals surface area contributed by atoms with Crippen LogP contribution in [0.3, 0.4) is 0 Å². The molecule has 0 radical (unpaired) electrons. The maximum absolute atomic E-state index is 12.4. The van der Waals surface area contributed by atoms with Crippen molar-refractivity contribution in [1.82, 2.24) is 14.3 Å². The van der Waals surface area contributed by atoms with Crippen LogP contribution in [0.5, 0.6) is 0 Å². The first-order chi connectivity index (χ1) is 15.1. The molecule has 10 heteroatoms. The number of hydrogen-bond donors (Lipinski definition) is 1. The van der Waals surface area contributed by atoms with E-state index < -0.39 is 15.9 Å². The Morgan fingerprint density at radius 2 is 1.84 bits per heavy atom. The number of thioether (sulfide) groups is 1. The summed E-state index contributed by atoms with van der Waals surface area (Å²) in [5, 5.41) is 0.808. The lowest BCUT2D eigenvalue weighted by molar-refractivity contribution is -0.114. The summed E-state index contributed by atoms with van der Waals surface area (Å²) < 4.78 is 28.7. The second kappa shape index (κ2) is 10.1. The topological polar surface area (TPSA) is 81.1 Å². The Bertz CT molecular complexity index is 1280. The number of nitrogens with one attached hydrogen (secondary N) is 1. The van der Waals surface area contributed by atoms with Crippen molar-refractivity contribution < 1.29 is 13.2 Å². The normalized spacial score (nSPS) is 11.8. The molecular weight excluding hydrogens is 489 g/mol. The highest BCUT2D eigenvalue weighted by atomic mass is 35.5. The van der Waals surface area contributed by atoms with E-state index in [9.17, 15) is 13.2 Å². The molecule has 1 amide bonds. The van der Waals surface area contributed by atoms with E-state index in [-0.39, 0.29) is 10.0 Å². The second-order valence-electron chi connectivity index (χ2n) is 6.99. The van der Waals surface area contributed by atoms with Crippen molar-refractivity contribution in [2.24, 2.45) is 0 Å². The molecule has 6 nitrogen and oxygen atoms in total. The van der Waals surface area contributed by atoms with Crippen molar-refractivity contribution in [2.75, 3.05) is 6.26 Å². The molecule has 0 unspecified atom stereocenters. The third-order valence-electron chi connectivity index (χ3n) is 4.70. The molecule has 2 aromatic carbocycles. The van der Waals surface area contributed by atoms with Gasteiger partial charge in [-0.2, -0.15) is 0 Å². The first kappa shape index (κ1) is 24.4. The fraction of sp³-hybridized carbons (Fsp3) is 0.182. The van der Waals surface area contributed by atoms with E-state index in [1.54, 1.807) is 35.4 Å². The predicted octanol–water partition coefficient (Wildman–Crippen LogP) is 5.10. The van der Waals surface area contributed by atoms with Crippen LogP contribution in [-0.4, -0.2) is 30.1 Å². The van der Waals surface area contributed by atoms with Crippen LogP contribution in [0.1, 0.15) is 22.6 Å². The SMILES string of the molecule is CSc1ccc(Cn2c(C)nc(Cl)c2C=CC(=O)NS(=O)(=O)c2ccc(C)cc2)c(Cl)c1. The van der Waals surface area contributed by atoms with Gasteiger partial charge in [-0.05, 0) is 56.0 Å². The lowest BCUT2D eigenvalue weighted by Gasteiger charge is -2.11. The summed E-state index contributed by atoms with van der Waals surface area (Å²) in [6, 6.07) is 12.0. The number of aryl methyl sites for hydroxylation is 2. The largest absolute Gasteiger partial charge is 0.323 e. The number of sulfonamides is 1. The molecule has 0 saturated heterocycles. The zero-order valence-corrected chi connectivity index (χ0v) is 20.7. The summed E-state index contributed by atoms with van der Waals surface area (Å²) in [6.07, 6.45) is 4.52. The first-order valence-electron chi connectivity index (χ1n) is 9.47. The molecule has 3 aromatic rings. The van der Waals surface area contributed by atoms with Gasteiger partial charge in [0.1, 0.15) is 5.82 Å². The monoisotopic (exact) mass is 509 g/mol. The van der Waals surface area contributed by atoms with Gasteiger partial charge in [-0.1, -0.05) is 47.0 Å². The summed E-state index contributed by atoms with van der Waals surface area (Å²) in [6.45, 7) is 4.02. The molecule has 32 heavy (non-hydrogen) atoms. The van der Waals surface area contributed by atoms with Gasteiger partial charge in [0.25, 0.3) is 15.9 Å². The van der Waals surface area contributed by atoms with Crippen molar-refractivity contribution in [3.05, 3.63) is 81.4 Å². The number of amides is 1. The molecule has 0 atom stereocenters. The fourth-order valence-electron chi connectivity index (χ4n) is 2.95. The molecule has 0 fully saturated rings. The molecule has 0 spiro atoms. The maximum atomic E-state index is 12.4. The Hall–Kier alpha value is -2.26. The fourth-order valence-corrected chi connectivity index (χ4v) is 4.93. The zero-order chi connectivity index (χ0) is 23.5. The number of halogens is 2. The number of nitrogens with zero attached hydrogens (tertiary/aromatic N) is 2. The van der Waals surface area contributed by atoms with Crippen LogP contribution in [0.25, 0.3) is 6.08 Å². The van der Waals surface area contributed by atoms with Gasteiger partial charge >= 0.3 is 0 Å². The van der Waals surface area contributed by atoms with Crippen LogP contribution < -0.4 is 4.72 Å². The van der Waals surface area contributed by atoms with Crippen molar-refractivity contribution in [3.63, 3.8) is 0 Å². The van der Waals surface area contributed by atoms with Gasteiger partial charge in [-0.3, -0.25) is 4.79 Å². The van der Waals surface area contributed by atoms with Gasteiger partial charge in [0.2, 0.25) is 0 Å². The Kier molecular flexibility index (Phi) is 7.71. The molecular formula is C22H21Cl2N3O3S2. The molecule has 3 rings (SSSR count). The third kappa shape index (κ3) is 5.75. The van der Waals surface area contributed by atoms with E-state index in [1.165, 1.54) is 18.2 Å². The smallest absolute Gasteiger partial charge is 0.264 e. The molecule has 0 aliphatic heterocycles. The Morgan fingerprint density at radius 1 is 1.16 bits per heavy atom. The van der Waals surface area contributed by atoms with E-state index in [0.29, 0.717) is 23.1 Å². The van der Waals surface area contributed by atoms with E-state index in [2.05, 4.69) is 4.98 Å². The lowest BCUT2D eigenvalue weighted by atomic mass is 10.2. The van der Waals surface area contributed by atoms with Gasteiger partial charge < -0.3 is 4.57 Å². The number of hydrogen-bond acceptors (Lipinski definition) is 5. The quantitative estimate of drug-likeness (QED) is 0.354. The minimum atomic E-state index is -3.98. The predicted molar refractivity (Wildman–Crippen MR) is 130 cm³/mol. The highest BCUT2D eigenvalue weighted by Crippen LogP contribution is 2.26. The van der Waals surface area contributed by atoms with Crippen LogP contribution in [0.15, 0.2) is 58.3 Å². The summed E-state index contributed by atoms with van der Waals surface area (Å²) in [5.74, 6) is -0.165. The van der Waals surface area contributed by atoms with Crippen LogP contribution >= 0.6 is 35.0 Å². The summed E-state index contributed by atoms with van der Waals surface area (Å²) in [7, 11) is -3.98. The molecule has 168 valence electrons. The molecule has 0 saturated carbocycles. The minimum Gasteiger partial charge on any atom is -0.323 e. The molecule has 0 aliphatic rings. The zero-order valence-electron chi connectivity index (χ0n) is 17.6. The molecule has 1 heterocycles. The number of benzene rings is 2. The average molecular weight is 510 g/mol. The average Bonchev–Trinajstić information content (AvgIpc) is 3.00. The number of carbonyl (C=O) groups excluding carboxylic acids is 1. The standard InChI is InChI=1S/C22H21Cl2N3O3S2/c1-14-4-8-18(9-5-14)32(29,30)26-21(28)11-10-20-22(24)25-15(2)27(20)13-16-6-7-17(31-3)12-19(16)23/h4-12H,13H2,1-3H3,(H,26,28). The Labute approximate surface area is 201 Å². The van der Waals surface area contributed by atoms with Gasteiger partial charge in [0.15, 0.2) is 5.15 Å². The van der Waals surface area contributed by atoms with E-state index >= 15 is 0 Å². The van der Waals surface area contributed by atoms with Gasteiger partial charge in [0, 0.05) is 16.0 Å². The summed E-state index contributed by atoms with van der Waals surface area (Å²) in [4.78, 5) is 17.6. The Morgan fingerprint density at radius 3 is 2.47 bits per heavy atom. The van der Waals surface area contributed by atoms with Gasteiger partial charge in [-0.15, -0.1) is 11.8 Å². The van der Waals surface area contributed by atoms with Crippen LogP contribution in [0.4, 0.5) is 0 Å². The van der Waals surface area contributed by atoms with E-state index in [4.69, 9.17) is 23.2 Å². The number of imidazole rings is 1.